The number of rotatable bonds is 0. The van der Waals surface area contributed by atoms with Crippen molar-refractivity contribution < 1.29 is 0 Å². The maximum Gasteiger partial charge on any atom is 0.154 e. The molecule has 5 heteroatoms. The molecule has 2 heterocycles. The molecular weight excluding hydrogens is 274 g/mol. The molecule has 0 aliphatic rings. The molecule has 0 aliphatic carbocycles. The molecule has 0 saturated heterocycles. The Morgan fingerprint density at radius 1 is 1.27 bits per heavy atom. The molecule has 11 heavy (non-hydrogen) atoms. The van der Waals surface area contributed by atoms with Gasteiger partial charge in [0, 0.05) is 6.20 Å². The fraction of sp³-hybridized carbons (Fsp3) is 0. The summed E-state index contributed by atoms with van der Waals surface area (Å²) in [5, 5.41) is 0. The van der Waals surface area contributed by atoms with Gasteiger partial charge in [-0.15, -0.1) is 0 Å². The maximum atomic E-state index is 4.15. The van der Waals surface area contributed by atoms with E-state index in [2.05, 4.69) is 41.8 Å². The Balaban J connectivity index is 2.94. The molecule has 2 aromatic rings. The number of hydrogen-bond donors (Lipinski definition) is 0. The third kappa shape index (κ3) is 1.08. The summed E-state index contributed by atoms with van der Waals surface area (Å²) in [5.41, 5.74) is 0.867. The summed E-state index contributed by atoms with van der Waals surface area (Å²) in [6, 6.07) is 0. The van der Waals surface area contributed by atoms with Crippen LogP contribution in [0.2, 0.25) is 0 Å². The zero-order chi connectivity index (χ0) is 7.84. The maximum absolute atomic E-state index is 4.15. The van der Waals surface area contributed by atoms with Crippen LogP contribution in [0.3, 0.4) is 0 Å². The third-order valence-corrected chi connectivity index (χ3v) is 2.48. The molecule has 2 rings (SSSR count). The van der Waals surface area contributed by atoms with Gasteiger partial charge in [0.25, 0.3) is 0 Å². The molecule has 2 aromatic heterocycles. The van der Waals surface area contributed by atoms with Gasteiger partial charge >= 0.3 is 0 Å². The molecule has 56 valence electrons. The van der Waals surface area contributed by atoms with Crippen molar-refractivity contribution in [2.45, 2.75) is 0 Å². The highest BCUT2D eigenvalue weighted by atomic mass is 79.9. The van der Waals surface area contributed by atoms with Gasteiger partial charge in [-0.05, 0) is 31.9 Å². The summed E-state index contributed by atoms with van der Waals surface area (Å²) >= 11 is 6.68. The Labute approximate surface area is 79.7 Å². The number of hydrogen-bond acceptors (Lipinski definition) is 2. The Morgan fingerprint density at radius 3 is 2.82 bits per heavy atom. The molecule has 0 N–H and O–H groups in total. The SMILES string of the molecule is Brc1cncn2c(Br)cnc12. The van der Waals surface area contributed by atoms with Crippen LogP contribution in [0.1, 0.15) is 0 Å². The Bertz CT molecular complexity index is 396. The van der Waals surface area contributed by atoms with Crippen LogP contribution in [0.25, 0.3) is 5.65 Å². The van der Waals surface area contributed by atoms with Crippen LogP contribution in [0.4, 0.5) is 0 Å². The Kier molecular flexibility index (Phi) is 1.69. The van der Waals surface area contributed by atoms with Gasteiger partial charge in [0.2, 0.25) is 0 Å². The van der Waals surface area contributed by atoms with E-state index >= 15 is 0 Å². The van der Waals surface area contributed by atoms with Crippen LogP contribution >= 0.6 is 31.9 Å². The van der Waals surface area contributed by atoms with Crippen molar-refractivity contribution in [3.63, 3.8) is 0 Å². The molecule has 0 aliphatic heterocycles. The molecular formula is C6H3Br2N3. The van der Waals surface area contributed by atoms with E-state index in [1.165, 1.54) is 0 Å². The van der Waals surface area contributed by atoms with Crippen LogP contribution in [0.5, 0.6) is 0 Å². The quantitative estimate of drug-likeness (QED) is 0.739. The van der Waals surface area contributed by atoms with Crippen LogP contribution in [-0.4, -0.2) is 14.4 Å². The average Bonchev–Trinajstić information content (AvgIpc) is 2.35. The number of aromatic nitrogens is 3. The van der Waals surface area contributed by atoms with E-state index in [1.807, 2.05) is 4.40 Å². The third-order valence-electron chi connectivity index (χ3n) is 1.34. The van der Waals surface area contributed by atoms with Crippen LogP contribution < -0.4 is 0 Å². The fourth-order valence-corrected chi connectivity index (χ4v) is 1.62. The Morgan fingerprint density at radius 2 is 2.09 bits per heavy atom. The molecule has 0 radical (unpaired) electrons. The monoisotopic (exact) mass is 275 g/mol. The predicted molar refractivity (Wildman–Crippen MR) is 48.4 cm³/mol. The van der Waals surface area contributed by atoms with E-state index < -0.39 is 0 Å². The smallest absolute Gasteiger partial charge is 0.154 e. The summed E-state index contributed by atoms with van der Waals surface area (Å²) < 4.78 is 3.65. The second-order valence-electron chi connectivity index (χ2n) is 2.02. The lowest BCUT2D eigenvalue weighted by molar-refractivity contribution is 1.06. The van der Waals surface area contributed by atoms with E-state index in [4.69, 9.17) is 0 Å². The number of nitrogens with zero attached hydrogens (tertiary/aromatic N) is 3. The molecule has 0 saturated carbocycles. The van der Waals surface area contributed by atoms with Crippen LogP contribution in [0, 0.1) is 0 Å². The van der Waals surface area contributed by atoms with Crippen molar-refractivity contribution >= 4 is 37.5 Å². The first-order valence-electron chi connectivity index (χ1n) is 2.91. The summed E-state index contributed by atoms with van der Waals surface area (Å²) in [7, 11) is 0. The van der Waals surface area contributed by atoms with E-state index in [9.17, 15) is 0 Å². The average molecular weight is 277 g/mol. The first-order valence-corrected chi connectivity index (χ1v) is 4.49. The van der Waals surface area contributed by atoms with Gasteiger partial charge in [0.05, 0.1) is 10.7 Å². The topological polar surface area (TPSA) is 30.2 Å². The minimum absolute atomic E-state index is 0.867. The van der Waals surface area contributed by atoms with Crippen molar-refractivity contribution in [2.24, 2.45) is 0 Å². The lowest BCUT2D eigenvalue weighted by atomic mass is 10.6. The zero-order valence-corrected chi connectivity index (χ0v) is 8.50. The van der Waals surface area contributed by atoms with Crippen LogP contribution in [0.15, 0.2) is 27.8 Å². The van der Waals surface area contributed by atoms with Crippen LogP contribution in [-0.2, 0) is 0 Å². The molecule has 0 fully saturated rings. The number of fused-ring (bicyclic) bond motifs is 1. The molecule has 0 unspecified atom stereocenters. The lowest BCUT2D eigenvalue weighted by Crippen LogP contribution is -1.86. The molecule has 0 aromatic carbocycles. The highest BCUT2D eigenvalue weighted by Crippen LogP contribution is 2.18. The first kappa shape index (κ1) is 7.24. The lowest BCUT2D eigenvalue weighted by Gasteiger charge is -1.93. The molecule has 3 nitrogen and oxygen atoms in total. The van der Waals surface area contributed by atoms with Gasteiger partial charge in [0.15, 0.2) is 5.65 Å². The van der Waals surface area contributed by atoms with Crippen molar-refractivity contribution in [3.8, 4) is 0 Å². The summed E-state index contributed by atoms with van der Waals surface area (Å²) in [6.07, 6.45) is 5.16. The summed E-state index contributed by atoms with van der Waals surface area (Å²) in [4.78, 5) is 8.14. The Hall–Kier alpha value is -0.420. The molecule has 0 bridgehead atoms. The second-order valence-corrected chi connectivity index (χ2v) is 3.68. The van der Waals surface area contributed by atoms with Gasteiger partial charge in [-0.1, -0.05) is 0 Å². The van der Waals surface area contributed by atoms with Gasteiger partial charge in [-0.2, -0.15) is 0 Å². The van der Waals surface area contributed by atoms with Gasteiger partial charge in [-0.25, -0.2) is 9.97 Å². The van der Waals surface area contributed by atoms with Crippen molar-refractivity contribution in [1.29, 1.82) is 0 Å². The summed E-state index contributed by atoms with van der Waals surface area (Å²) in [5.74, 6) is 0. The normalized spacial score (nSPS) is 10.7. The van der Waals surface area contributed by atoms with E-state index in [0.29, 0.717) is 0 Å². The van der Waals surface area contributed by atoms with Gasteiger partial charge < -0.3 is 0 Å². The zero-order valence-electron chi connectivity index (χ0n) is 5.33. The largest absolute Gasteiger partial charge is 0.276 e. The highest BCUT2D eigenvalue weighted by Gasteiger charge is 2.02. The van der Waals surface area contributed by atoms with E-state index in [1.54, 1.807) is 18.7 Å². The molecule has 0 spiro atoms. The predicted octanol–water partition coefficient (Wildman–Crippen LogP) is 2.25. The standard InChI is InChI=1S/C6H3Br2N3/c7-4-1-9-3-11-5(8)2-10-6(4)11/h1-3H. The van der Waals surface area contributed by atoms with Crippen molar-refractivity contribution in [2.75, 3.05) is 0 Å². The summed E-state index contributed by atoms with van der Waals surface area (Å²) in [6.45, 7) is 0. The molecule has 0 atom stereocenters. The minimum Gasteiger partial charge on any atom is -0.276 e. The number of halogens is 2. The van der Waals surface area contributed by atoms with Gasteiger partial charge in [0.1, 0.15) is 10.9 Å². The highest BCUT2D eigenvalue weighted by molar-refractivity contribution is 9.11. The van der Waals surface area contributed by atoms with E-state index in [-0.39, 0.29) is 0 Å². The number of imidazole rings is 1. The fourth-order valence-electron chi connectivity index (χ4n) is 0.850. The first-order chi connectivity index (χ1) is 5.29. The molecule has 0 amide bonds. The minimum atomic E-state index is 0.867. The van der Waals surface area contributed by atoms with E-state index in [0.717, 1.165) is 14.7 Å². The van der Waals surface area contributed by atoms with Crippen molar-refractivity contribution in [1.82, 2.24) is 14.4 Å². The second kappa shape index (κ2) is 2.57. The van der Waals surface area contributed by atoms with Crippen molar-refractivity contribution in [3.05, 3.63) is 27.8 Å². The van der Waals surface area contributed by atoms with Gasteiger partial charge in [-0.3, -0.25) is 4.40 Å².